The molecule has 2 aliphatic rings. The van der Waals surface area contributed by atoms with Crippen LogP contribution in [0.3, 0.4) is 0 Å². The van der Waals surface area contributed by atoms with Crippen LogP contribution in [0.15, 0.2) is 36.9 Å². The molecule has 5 aromatic rings. The number of nitrogens with two attached hydrogens (primary N) is 3. The van der Waals surface area contributed by atoms with E-state index in [1.54, 1.807) is 19.8 Å². The van der Waals surface area contributed by atoms with Crippen LogP contribution in [0.5, 0.6) is 5.75 Å². The number of hydrogen-bond donors (Lipinski definition) is 4. The molecule has 0 saturated heterocycles. The van der Waals surface area contributed by atoms with Crippen molar-refractivity contribution in [1.82, 2.24) is 44.4 Å². The highest BCUT2D eigenvalue weighted by atomic mass is 35.5. The average Bonchev–Trinajstić information content (AvgIpc) is 3.67. The van der Waals surface area contributed by atoms with Gasteiger partial charge in [0.15, 0.2) is 22.9 Å². The summed E-state index contributed by atoms with van der Waals surface area (Å²) in [7, 11) is 1.62. The lowest BCUT2D eigenvalue weighted by Gasteiger charge is -2.30. The van der Waals surface area contributed by atoms with Crippen molar-refractivity contribution >= 4 is 87.9 Å². The van der Waals surface area contributed by atoms with Crippen molar-refractivity contribution in [3.8, 4) is 5.75 Å². The van der Waals surface area contributed by atoms with Crippen LogP contribution < -0.4 is 27.3 Å². The van der Waals surface area contributed by atoms with E-state index in [1.807, 2.05) is 33.4 Å². The largest absolute Gasteiger partial charge is 0.497 e. The monoisotopic (exact) mass is 752 g/mol. The number of imidazole rings is 2. The first kappa shape index (κ1) is 38.1. The zero-order valence-electron chi connectivity index (χ0n) is 26.8. The van der Waals surface area contributed by atoms with Gasteiger partial charge in [-0.1, -0.05) is 12.1 Å². The van der Waals surface area contributed by atoms with Crippen molar-refractivity contribution in [3.63, 3.8) is 0 Å². The number of hydrogen-bond acceptors (Lipinski definition) is 11. The van der Waals surface area contributed by atoms with Crippen LogP contribution in [-0.4, -0.2) is 64.1 Å². The van der Waals surface area contributed by atoms with Crippen LogP contribution in [0, 0.1) is 0 Å². The van der Waals surface area contributed by atoms with E-state index < -0.39 is 0 Å². The molecule has 14 nitrogen and oxygen atoms in total. The third-order valence-corrected chi connectivity index (χ3v) is 9.27. The number of methoxy groups -OCH3 is 1. The SMILES string of the molecule is COc1cccc(CC(=O)NC2CCC(n3cnc4c(N)nc(Cl)nc43)CC2)c1.Cl.Cl.Nc1nc(Cl)nc2c1ncn2C1CCC(N)CC1. The van der Waals surface area contributed by atoms with Crippen LogP contribution in [0.25, 0.3) is 22.3 Å². The Bertz CT molecular complexity index is 1870. The maximum Gasteiger partial charge on any atom is 0.226 e. The highest BCUT2D eigenvalue weighted by molar-refractivity contribution is 6.29. The van der Waals surface area contributed by atoms with E-state index in [0.29, 0.717) is 46.7 Å². The third-order valence-electron chi connectivity index (χ3n) is 8.93. The molecule has 0 unspecified atom stereocenters. The Morgan fingerprint density at radius 1 is 0.837 bits per heavy atom. The third kappa shape index (κ3) is 8.92. The van der Waals surface area contributed by atoms with E-state index in [-0.39, 0.29) is 59.2 Å². The number of nitrogens with one attached hydrogen (secondary N) is 1. The first-order valence-electron chi connectivity index (χ1n) is 15.7. The molecule has 0 radical (unpaired) electrons. The standard InChI is InChI=1S/C20H23ClN6O2.C11H15ClN6.2ClH/c1-29-15-4-2-3-12(9-15)10-16(28)24-13-5-7-14(8-6-13)27-11-23-17-18(22)25-20(21)26-19(17)27;12-11-16-9(14)8-10(17-11)18(5-15-8)7-3-1-6(13)2-4-7;;/h2-4,9,11,13-14H,5-8,10H2,1H3,(H,24,28)(H2,22,25,26);5-7H,1-4,13H2,(H2,14,16,17);2*1H. The zero-order chi connectivity index (χ0) is 33.1. The summed E-state index contributed by atoms with van der Waals surface area (Å²) in [6.07, 6.45) is 11.6. The molecule has 1 amide bonds. The van der Waals surface area contributed by atoms with Gasteiger partial charge in [-0.05, 0) is 92.3 Å². The van der Waals surface area contributed by atoms with E-state index in [1.165, 1.54) is 0 Å². The summed E-state index contributed by atoms with van der Waals surface area (Å²) in [5.74, 6) is 1.41. The molecule has 18 heteroatoms. The fraction of sp³-hybridized carbons (Fsp3) is 0.452. The van der Waals surface area contributed by atoms with Crippen LogP contribution in [-0.2, 0) is 11.2 Å². The fourth-order valence-electron chi connectivity index (χ4n) is 6.48. The second-order valence-electron chi connectivity index (χ2n) is 12.1. The van der Waals surface area contributed by atoms with Crippen molar-refractivity contribution in [2.45, 2.75) is 82.0 Å². The van der Waals surface area contributed by atoms with Crippen molar-refractivity contribution < 1.29 is 9.53 Å². The predicted molar refractivity (Wildman–Crippen MR) is 196 cm³/mol. The number of nitrogen functional groups attached to an aromatic ring is 2. The van der Waals surface area contributed by atoms with Gasteiger partial charge in [0.25, 0.3) is 0 Å². The summed E-state index contributed by atoms with van der Waals surface area (Å²) in [6, 6.07) is 8.69. The minimum Gasteiger partial charge on any atom is -0.497 e. The Balaban J connectivity index is 0.000000233. The van der Waals surface area contributed by atoms with E-state index in [2.05, 4.69) is 35.2 Å². The van der Waals surface area contributed by atoms with Crippen LogP contribution in [0.1, 0.15) is 69.0 Å². The summed E-state index contributed by atoms with van der Waals surface area (Å²) in [6.45, 7) is 0. The van der Waals surface area contributed by atoms with Gasteiger partial charge in [-0.15, -0.1) is 24.8 Å². The van der Waals surface area contributed by atoms with Gasteiger partial charge >= 0.3 is 0 Å². The maximum atomic E-state index is 12.4. The Hall–Kier alpha value is -3.69. The Morgan fingerprint density at radius 2 is 1.35 bits per heavy atom. The molecule has 7 rings (SSSR count). The molecular weight excluding hydrogens is 714 g/mol. The van der Waals surface area contributed by atoms with E-state index in [9.17, 15) is 4.79 Å². The number of aromatic nitrogens is 8. The molecule has 2 saturated carbocycles. The van der Waals surface area contributed by atoms with Gasteiger partial charge in [0.2, 0.25) is 16.5 Å². The number of fused-ring (bicyclic) bond motifs is 2. The lowest BCUT2D eigenvalue weighted by Crippen LogP contribution is -2.38. The molecular formula is C31H40Cl4N12O2. The highest BCUT2D eigenvalue weighted by Gasteiger charge is 2.26. The lowest BCUT2D eigenvalue weighted by molar-refractivity contribution is -0.121. The summed E-state index contributed by atoms with van der Waals surface area (Å²) in [4.78, 5) is 37.4. The first-order chi connectivity index (χ1) is 22.7. The number of amides is 1. The van der Waals surface area contributed by atoms with Crippen molar-refractivity contribution in [2.24, 2.45) is 5.73 Å². The van der Waals surface area contributed by atoms with Gasteiger partial charge in [0.05, 0.1) is 26.2 Å². The van der Waals surface area contributed by atoms with Crippen LogP contribution >= 0.6 is 48.0 Å². The number of halogens is 4. The van der Waals surface area contributed by atoms with Gasteiger partial charge < -0.3 is 36.4 Å². The van der Waals surface area contributed by atoms with Crippen molar-refractivity contribution in [1.29, 1.82) is 0 Å². The fourth-order valence-corrected chi connectivity index (χ4v) is 6.82. The second kappa shape index (κ2) is 16.8. The molecule has 264 valence electrons. The van der Waals surface area contributed by atoms with Gasteiger partial charge in [-0.25, -0.2) is 9.97 Å². The predicted octanol–water partition coefficient (Wildman–Crippen LogP) is 5.26. The van der Waals surface area contributed by atoms with Gasteiger partial charge in [0, 0.05) is 24.2 Å². The van der Waals surface area contributed by atoms with Crippen molar-refractivity contribution in [3.05, 3.63) is 53.1 Å². The van der Waals surface area contributed by atoms with E-state index in [4.69, 9.17) is 45.1 Å². The average molecular weight is 755 g/mol. The lowest BCUT2D eigenvalue weighted by atomic mass is 9.91. The number of carbonyl (C=O) groups excluding carboxylic acids is 1. The Morgan fingerprint density at radius 3 is 1.86 bits per heavy atom. The highest BCUT2D eigenvalue weighted by Crippen LogP contribution is 2.33. The minimum atomic E-state index is 0. The number of anilines is 2. The minimum absolute atomic E-state index is 0. The summed E-state index contributed by atoms with van der Waals surface area (Å²) in [5, 5.41) is 3.44. The Labute approximate surface area is 305 Å². The summed E-state index contributed by atoms with van der Waals surface area (Å²) < 4.78 is 9.28. The smallest absolute Gasteiger partial charge is 0.226 e. The van der Waals surface area contributed by atoms with Crippen molar-refractivity contribution in [2.75, 3.05) is 18.6 Å². The molecule has 4 heterocycles. The summed E-state index contributed by atoms with van der Waals surface area (Å²) in [5.41, 5.74) is 21.1. The second-order valence-corrected chi connectivity index (χ2v) is 12.7. The van der Waals surface area contributed by atoms with Gasteiger partial charge in [-0.2, -0.15) is 19.9 Å². The van der Waals surface area contributed by atoms with Crippen LogP contribution in [0.4, 0.5) is 11.6 Å². The molecule has 0 bridgehead atoms. The van der Waals surface area contributed by atoms with Gasteiger partial charge in [0.1, 0.15) is 16.8 Å². The van der Waals surface area contributed by atoms with E-state index >= 15 is 0 Å². The molecule has 4 aromatic heterocycles. The number of benzene rings is 1. The number of nitrogens with zero attached hydrogens (tertiary/aromatic N) is 8. The zero-order valence-corrected chi connectivity index (χ0v) is 30.0. The molecule has 2 aliphatic carbocycles. The number of rotatable bonds is 6. The van der Waals surface area contributed by atoms with E-state index in [0.717, 1.165) is 62.7 Å². The molecule has 0 atom stereocenters. The molecule has 49 heavy (non-hydrogen) atoms. The number of carbonyl (C=O) groups is 1. The number of ether oxygens (including phenoxy) is 1. The van der Waals surface area contributed by atoms with Crippen LogP contribution in [0.2, 0.25) is 10.6 Å². The first-order valence-corrected chi connectivity index (χ1v) is 16.4. The Kier molecular flexibility index (Phi) is 13.1. The molecule has 2 fully saturated rings. The molecule has 0 aliphatic heterocycles. The molecule has 7 N–H and O–H groups in total. The normalized spacial score (nSPS) is 20.4. The maximum absolute atomic E-state index is 12.4. The summed E-state index contributed by atoms with van der Waals surface area (Å²) >= 11 is 11.8. The quantitative estimate of drug-likeness (QED) is 0.165. The van der Waals surface area contributed by atoms with Gasteiger partial charge in [-0.3, -0.25) is 4.79 Å². The topological polar surface area (TPSA) is 204 Å². The molecule has 0 spiro atoms. The molecule has 1 aromatic carbocycles.